The van der Waals surface area contributed by atoms with Crippen LogP contribution < -0.4 is 5.32 Å². The zero-order valence-electron chi connectivity index (χ0n) is 11.7. The van der Waals surface area contributed by atoms with Crippen LogP contribution in [0.1, 0.15) is 17.9 Å². The van der Waals surface area contributed by atoms with Crippen LogP contribution in [0.5, 0.6) is 0 Å². The molecule has 0 aromatic heterocycles. The molecule has 2 N–H and O–H groups in total. The number of carbonyl (C=O) groups excluding carboxylic acids is 1. The lowest BCUT2D eigenvalue weighted by Crippen LogP contribution is -2.34. The SMILES string of the molecule is O=C(CC1CSCCS1)NCC(C(=O)O)c1ccccc1. The summed E-state index contributed by atoms with van der Waals surface area (Å²) in [5.74, 6) is 1.58. The van der Waals surface area contributed by atoms with E-state index in [1.807, 2.05) is 41.7 Å². The number of carboxylic acids is 1. The molecule has 21 heavy (non-hydrogen) atoms. The number of hydrogen-bond donors (Lipinski definition) is 2. The fourth-order valence-corrected chi connectivity index (χ4v) is 4.86. The minimum absolute atomic E-state index is 0.0582. The molecule has 0 saturated carbocycles. The summed E-state index contributed by atoms with van der Waals surface area (Å²) in [6, 6.07) is 9.02. The molecule has 0 bridgehead atoms. The molecule has 1 aliphatic heterocycles. The number of nitrogens with one attached hydrogen (secondary N) is 1. The van der Waals surface area contributed by atoms with Gasteiger partial charge >= 0.3 is 5.97 Å². The van der Waals surface area contributed by atoms with E-state index >= 15 is 0 Å². The highest BCUT2D eigenvalue weighted by atomic mass is 32.2. The first kappa shape index (κ1) is 16.2. The Morgan fingerprint density at radius 2 is 2.05 bits per heavy atom. The minimum Gasteiger partial charge on any atom is -0.481 e. The van der Waals surface area contributed by atoms with E-state index in [0.717, 1.165) is 17.3 Å². The molecule has 4 nitrogen and oxygen atoms in total. The van der Waals surface area contributed by atoms with Crippen molar-refractivity contribution >= 4 is 35.4 Å². The van der Waals surface area contributed by atoms with Gasteiger partial charge in [0, 0.05) is 35.5 Å². The molecule has 1 aromatic rings. The normalized spacial score (nSPS) is 19.7. The number of carboxylic acid groups (broad SMARTS) is 1. The Morgan fingerprint density at radius 3 is 2.67 bits per heavy atom. The van der Waals surface area contributed by atoms with Gasteiger partial charge in [-0.1, -0.05) is 30.3 Å². The Bertz CT molecular complexity index is 475. The van der Waals surface area contributed by atoms with Gasteiger partial charge in [0.2, 0.25) is 5.91 Å². The topological polar surface area (TPSA) is 66.4 Å². The molecule has 1 saturated heterocycles. The smallest absolute Gasteiger partial charge is 0.312 e. The summed E-state index contributed by atoms with van der Waals surface area (Å²) in [5, 5.41) is 12.4. The molecule has 114 valence electrons. The third kappa shape index (κ3) is 5.28. The Labute approximate surface area is 133 Å². The van der Waals surface area contributed by atoms with Crippen molar-refractivity contribution in [3.63, 3.8) is 0 Å². The summed E-state index contributed by atoms with van der Waals surface area (Å²) in [6.45, 7) is 0.142. The second-order valence-corrected chi connectivity index (χ2v) is 7.44. The second kappa shape index (κ2) is 8.34. The van der Waals surface area contributed by atoms with Crippen LogP contribution >= 0.6 is 23.5 Å². The Hall–Kier alpha value is -1.14. The molecule has 0 radical (unpaired) electrons. The summed E-state index contributed by atoms with van der Waals surface area (Å²) >= 11 is 3.71. The summed E-state index contributed by atoms with van der Waals surface area (Å²) < 4.78 is 0. The molecule has 1 aliphatic rings. The predicted octanol–water partition coefficient (Wildman–Crippen LogP) is 2.21. The van der Waals surface area contributed by atoms with Crippen LogP contribution in [0.4, 0.5) is 0 Å². The molecular weight excluding hydrogens is 306 g/mol. The molecule has 1 aromatic carbocycles. The first-order valence-corrected chi connectivity index (χ1v) is 9.11. The van der Waals surface area contributed by atoms with Crippen molar-refractivity contribution in [3.05, 3.63) is 35.9 Å². The molecule has 1 heterocycles. The van der Waals surface area contributed by atoms with Crippen molar-refractivity contribution in [1.29, 1.82) is 0 Å². The number of hydrogen-bond acceptors (Lipinski definition) is 4. The average Bonchev–Trinajstić information content (AvgIpc) is 2.49. The number of aliphatic carboxylic acids is 1. The van der Waals surface area contributed by atoms with Gasteiger partial charge in [0.25, 0.3) is 0 Å². The van der Waals surface area contributed by atoms with E-state index in [1.54, 1.807) is 12.1 Å². The molecule has 2 atom stereocenters. The average molecular weight is 325 g/mol. The van der Waals surface area contributed by atoms with E-state index in [4.69, 9.17) is 0 Å². The van der Waals surface area contributed by atoms with Crippen LogP contribution in [-0.2, 0) is 9.59 Å². The van der Waals surface area contributed by atoms with Crippen molar-refractivity contribution in [2.45, 2.75) is 17.6 Å². The highest BCUT2D eigenvalue weighted by Crippen LogP contribution is 2.26. The summed E-state index contributed by atoms with van der Waals surface area (Å²) in [4.78, 5) is 23.3. The molecule has 6 heteroatoms. The lowest BCUT2D eigenvalue weighted by atomic mass is 9.99. The Morgan fingerprint density at radius 1 is 1.29 bits per heavy atom. The highest BCUT2D eigenvalue weighted by Gasteiger charge is 2.22. The summed E-state index contributed by atoms with van der Waals surface area (Å²) in [7, 11) is 0. The predicted molar refractivity (Wildman–Crippen MR) is 88.0 cm³/mol. The quantitative estimate of drug-likeness (QED) is 0.839. The number of carbonyl (C=O) groups is 2. The summed E-state index contributed by atoms with van der Waals surface area (Å²) in [5.41, 5.74) is 0.716. The monoisotopic (exact) mass is 325 g/mol. The van der Waals surface area contributed by atoms with Crippen LogP contribution in [0, 0.1) is 0 Å². The van der Waals surface area contributed by atoms with Gasteiger partial charge in [-0.15, -0.1) is 0 Å². The lowest BCUT2D eigenvalue weighted by Gasteiger charge is -2.21. The van der Waals surface area contributed by atoms with Gasteiger partial charge in [-0.3, -0.25) is 9.59 Å². The van der Waals surface area contributed by atoms with E-state index in [2.05, 4.69) is 5.32 Å². The van der Waals surface area contributed by atoms with Gasteiger partial charge in [0.1, 0.15) is 0 Å². The summed E-state index contributed by atoms with van der Waals surface area (Å²) in [6.07, 6.45) is 0.471. The Kier molecular flexibility index (Phi) is 6.45. The third-order valence-corrected chi connectivity index (χ3v) is 6.15. The van der Waals surface area contributed by atoms with Gasteiger partial charge in [-0.05, 0) is 5.56 Å². The largest absolute Gasteiger partial charge is 0.481 e. The van der Waals surface area contributed by atoms with Crippen molar-refractivity contribution < 1.29 is 14.7 Å². The first-order chi connectivity index (χ1) is 10.2. The minimum atomic E-state index is -0.913. The molecular formula is C15H19NO3S2. The van der Waals surface area contributed by atoms with Gasteiger partial charge in [-0.25, -0.2) is 0 Å². The zero-order valence-corrected chi connectivity index (χ0v) is 13.3. The molecule has 1 fully saturated rings. The van der Waals surface area contributed by atoms with Crippen molar-refractivity contribution in [1.82, 2.24) is 5.32 Å². The number of amides is 1. The van der Waals surface area contributed by atoms with Crippen LogP contribution in [0.25, 0.3) is 0 Å². The van der Waals surface area contributed by atoms with E-state index in [1.165, 1.54) is 0 Å². The van der Waals surface area contributed by atoms with Crippen molar-refractivity contribution in [2.75, 3.05) is 23.8 Å². The van der Waals surface area contributed by atoms with Crippen LogP contribution in [0.15, 0.2) is 30.3 Å². The lowest BCUT2D eigenvalue weighted by molar-refractivity contribution is -0.138. The number of thioether (sulfide) groups is 2. The van der Waals surface area contributed by atoms with Crippen LogP contribution in [0.3, 0.4) is 0 Å². The van der Waals surface area contributed by atoms with E-state index in [0.29, 0.717) is 17.2 Å². The fraction of sp³-hybridized carbons (Fsp3) is 0.467. The molecule has 1 amide bonds. The van der Waals surface area contributed by atoms with Crippen LogP contribution in [-0.4, -0.2) is 46.0 Å². The van der Waals surface area contributed by atoms with Crippen molar-refractivity contribution in [3.8, 4) is 0 Å². The maximum absolute atomic E-state index is 11.9. The number of rotatable bonds is 6. The molecule has 2 rings (SSSR count). The first-order valence-electron chi connectivity index (χ1n) is 6.90. The van der Waals surface area contributed by atoms with Gasteiger partial charge < -0.3 is 10.4 Å². The second-order valence-electron chi connectivity index (χ2n) is 4.88. The van der Waals surface area contributed by atoms with Gasteiger partial charge in [0.05, 0.1) is 5.92 Å². The van der Waals surface area contributed by atoms with Crippen LogP contribution in [0.2, 0.25) is 0 Å². The standard InChI is InChI=1S/C15H19NO3S2/c17-14(8-12-10-20-6-7-21-12)16-9-13(15(18)19)11-4-2-1-3-5-11/h1-5,12-13H,6-10H2,(H,16,17)(H,18,19). The maximum Gasteiger partial charge on any atom is 0.312 e. The fourth-order valence-electron chi connectivity index (χ4n) is 2.18. The highest BCUT2D eigenvalue weighted by molar-refractivity contribution is 8.06. The molecule has 0 spiro atoms. The Balaban J connectivity index is 1.84. The zero-order chi connectivity index (χ0) is 15.1. The van der Waals surface area contributed by atoms with Gasteiger partial charge in [0.15, 0.2) is 0 Å². The third-order valence-electron chi connectivity index (χ3n) is 3.30. The number of benzene rings is 1. The van der Waals surface area contributed by atoms with Gasteiger partial charge in [-0.2, -0.15) is 23.5 Å². The van der Waals surface area contributed by atoms with E-state index < -0.39 is 11.9 Å². The molecule has 0 aliphatic carbocycles. The van der Waals surface area contributed by atoms with Crippen molar-refractivity contribution in [2.24, 2.45) is 0 Å². The molecule has 2 unspecified atom stereocenters. The van der Waals surface area contributed by atoms with E-state index in [-0.39, 0.29) is 12.5 Å². The maximum atomic E-state index is 11.9. The van der Waals surface area contributed by atoms with E-state index in [9.17, 15) is 14.7 Å².